The highest BCUT2D eigenvalue weighted by molar-refractivity contribution is 7.71. The second-order valence-corrected chi connectivity index (χ2v) is 6.04. The second-order valence-electron chi connectivity index (χ2n) is 5.65. The third-order valence-corrected chi connectivity index (χ3v) is 4.37. The summed E-state index contributed by atoms with van der Waals surface area (Å²) < 4.78 is 2.40. The van der Waals surface area contributed by atoms with Gasteiger partial charge in [0.1, 0.15) is 6.54 Å². The molecule has 0 atom stereocenters. The molecule has 1 amide bonds. The van der Waals surface area contributed by atoms with Gasteiger partial charge in [0, 0.05) is 32.4 Å². The van der Waals surface area contributed by atoms with Crippen LogP contribution >= 0.6 is 12.2 Å². The Bertz CT molecular complexity index is 698. The lowest BCUT2D eigenvalue weighted by Crippen LogP contribution is -2.48. The van der Waals surface area contributed by atoms with E-state index in [1.54, 1.807) is 0 Å². The minimum atomic E-state index is 0.128. The lowest BCUT2D eigenvalue weighted by molar-refractivity contribution is -0.133. The number of hydrogen-bond donors (Lipinski definition) is 1. The van der Waals surface area contributed by atoms with E-state index in [1.165, 1.54) is 0 Å². The minimum absolute atomic E-state index is 0.128. The van der Waals surface area contributed by atoms with Crippen LogP contribution in [0.25, 0.3) is 11.3 Å². The van der Waals surface area contributed by atoms with E-state index in [0.717, 1.165) is 37.4 Å². The average Bonchev–Trinajstić information content (AvgIpc) is 2.90. The van der Waals surface area contributed by atoms with Gasteiger partial charge in [-0.3, -0.25) is 4.79 Å². The molecule has 0 saturated carbocycles. The molecular weight excluding hydrogens is 296 g/mol. The van der Waals surface area contributed by atoms with Crippen molar-refractivity contribution in [2.24, 2.45) is 0 Å². The Morgan fingerprint density at radius 2 is 1.86 bits per heavy atom. The van der Waals surface area contributed by atoms with E-state index >= 15 is 0 Å². The molecule has 1 saturated heterocycles. The summed E-state index contributed by atoms with van der Waals surface area (Å²) in [4.78, 5) is 19.7. The molecule has 3 rings (SSSR count). The summed E-state index contributed by atoms with van der Waals surface area (Å²) in [7, 11) is 2.08. The number of amides is 1. The molecule has 1 aromatic carbocycles. The fraction of sp³-hybridized carbons (Fsp3) is 0.375. The van der Waals surface area contributed by atoms with Crippen molar-refractivity contribution < 1.29 is 4.79 Å². The van der Waals surface area contributed by atoms with Crippen LogP contribution in [0, 0.1) is 4.77 Å². The van der Waals surface area contributed by atoms with Gasteiger partial charge in [-0.15, -0.1) is 0 Å². The highest BCUT2D eigenvalue weighted by Crippen LogP contribution is 2.17. The molecular formula is C16H20N4OS. The van der Waals surface area contributed by atoms with Gasteiger partial charge >= 0.3 is 0 Å². The van der Waals surface area contributed by atoms with Gasteiger partial charge in [-0.25, -0.2) is 0 Å². The number of imidazole rings is 1. The number of nitrogens with zero attached hydrogens (tertiary/aromatic N) is 3. The number of piperazine rings is 1. The Morgan fingerprint density at radius 1 is 1.18 bits per heavy atom. The molecule has 1 aliphatic rings. The molecule has 1 fully saturated rings. The Labute approximate surface area is 135 Å². The van der Waals surface area contributed by atoms with Gasteiger partial charge in [0.05, 0.1) is 5.69 Å². The molecule has 6 heteroatoms. The molecule has 0 aliphatic carbocycles. The van der Waals surface area contributed by atoms with Crippen LogP contribution in [0.2, 0.25) is 0 Å². The molecule has 0 radical (unpaired) electrons. The summed E-state index contributed by atoms with van der Waals surface area (Å²) in [6.07, 6.45) is 1.92. The Hall–Kier alpha value is -1.92. The van der Waals surface area contributed by atoms with Crippen LogP contribution < -0.4 is 0 Å². The van der Waals surface area contributed by atoms with Gasteiger partial charge < -0.3 is 19.4 Å². The van der Waals surface area contributed by atoms with Crippen molar-refractivity contribution >= 4 is 18.1 Å². The minimum Gasteiger partial charge on any atom is -0.339 e. The van der Waals surface area contributed by atoms with E-state index in [4.69, 9.17) is 12.2 Å². The van der Waals surface area contributed by atoms with Gasteiger partial charge in [-0.2, -0.15) is 0 Å². The SMILES string of the molecule is CN1CCN(C(=O)Cn2cc(-c3ccccc3)[nH]c2=S)CC1. The molecule has 1 aliphatic heterocycles. The molecule has 2 heterocycles. The number of benzene rings is 1. The standard InChI is InChI=1S/C16H20N4OS/c1-18-7-9-19(10-8-18)15(21)12-20-11-14(17-16(20)22)13-5-3-2-4-6-13/h2-6,11H,7-10,12H2,1H3,(H,17,22). The van der Waals surface area contributed by atoms with Crippen LogP contribution in [-0.4, -0.2) is 58.5 Å². The highest BCUT2D eigenvalue weighted by Gasteiger charge is 2.19. The van der Waals surface area contributed by atoms with Crippen LogP contribution in [0.4, 0.5) is 0 Å². The third-order valence-electron chi connectivity index (χ3n) is 4.03. The lowest BCUT2D eigenvalue weighted by atomic mass is 10.2. The van der Waals surface area contributed by atoms with Crippen LogP contribution in [0.5, 0.6) is 0 Å². The summed E-state index contributed by atoms with van der Waals surface area (Å²) in [6.45, 7) is 3.74. The fourth-order valence-corrected chi connectivity index (χ4v) is 2.84. The number of aromatic nitrogens is 2. The van der Waals surface area contributed by atoms with Crippen molar-refractivity contribution in [2.45, 2.75) is 6.54 Å². The smallest absolute Gasteiger partial charge is 0.242 e. The van der Waals surface area contributed by atoms with Crippen LogP contribution in [-0.2, 0) is 11.3 Å². The summed E-state index contributed by atoms with van der Waals surface area (Å²) in [5, 5.41) is 0. The average molecular weight is 316 g/mol. The molecule has 22 heavy (non-hydrogen) atoms. The first kappa shape index (κ1) is 15.0. The largest absolute Gasteiger partial charge is 0.339 e. The molecule has 0 spiro atoms. The predicted molar refractivity (Wildman–Crippen MR) is 89.1 cm³/mol. The molecule has 116 valence electrons. The number of carbonyl (C=O) groups excluding carboxylic acids is 1. The zero-order valence-corrected chi connectivity index (χ0v) is 13.5. The molecule has 1 N–H and O–H groups in total. The number of hydrogen-bond acceptors (Lipinski definition) is 3. The molecule has 5 nitrogen and oxygen atoms in total. The second kappa shape index (κ2) is 6.46. The molecule has 2 aromatic rings. The van der Waals surface area contributed by atoms with E-state index in [1.807, 2.05) is 46.0 Å². The lowest BCUT2D eigenvalue weighted by Gasteiger charge is -2.32. The maximum atomic E-state index is 12.4. The quantitative estimate of drug-likeness (QED) is 0.881. The van der Waals surface area contributed by atoms with E-state index in [9.17, 15) is 4.79 Å². The monoisotopic (exact) mass is 316 g/mol. The van der Waals surface area contributed by atoms with Crippen molar-refractivity contribution in [1.29, 1.82) is 0 Å². The summed E-state index contributed by atoms with van der Waals surface area (Å²) in [5.41, 5.74) is 2.01. The van der Waals surface area contributed by atoms with E-state index in [2.05, 4.69) is 16.9 Å². The van der Waals surface area contributed by atoms with E-state index in [-0.39, 0.29) is 5.91 Å². The van der Waals surface area contributed by atoms with Gasteiger partial charge in [0.2, 0.25) is 5.91 Å². The topological polar surface area (TPSA) is 44.3 Å². The van der Waals surface area contributed by atoms with Crippen LogP contribution in [0.15, 0.2) is 36.5 Å². The Morgan fingerprint density at radius 3 is 2.55 bits per heavy atom. The fourth-order valence-electron chi connectivity index (χ4n) is 2.62. The third kappa shape index (κ3) is 3.28. The highest BCUT2D eigenvalue weighted by atomic mass is 32.1. The first-order valence-electron chi connectivity index (χ1n) is 7.44. The maximum absolute atomic E-state index is 12.4. The molecule has 0 unspecified atom stereocenters. The normalized spacial score (nSPS) is 16.0. The summed E-state index contributed by atoms with van der Waals surface area (Å²) in [5.74, 6) is 0.128. The van der Waals surface area contributed by atoms with Crippen molar-refractivity contribution in [3.05, 3.63) is 41.3 Å². The van der Waals surface area contributed by atoms with Crippen molar-refractivity contribution in [3.63, 3.8) is 0 Å². The van der Waals surface area contributed by atoms with Gasteiger partial charge in [-0.05, 0) is 24.8 Å². The van der Waals surface area contributed by atoms with Crippen LogP contribution in [0.1, 0.15) is 0 Å². The number of aromatic amines is 1. The van der Waals surface area contributed by atoms with Crippen LogP contribution in [0.3, 0.4) is 0 Å². The number of nitrogens with one attached hydrogen (secondary N) is 1. The number of rotatable bonds is 3. The first-order valence-corrected chi connectivity index (χ1v) is 7.85. The molecule has 0 bridgehead atoms. The predicted octanol–water partition coefficient (Wildman–Crippen LogP) is 1.99. The molecule has 1 aromatic heterocycles. The zero-order chi connectivity index (χ0) is 15.5. The summed E-state index contributed by atoms with van der Waals surface area (Å²) >= 11 is 5.34. The van der Waals surface area contributed by atoms with E-state index < -0.39 is 0 Å². The Kier molecular flexibility index (Phi) is 4.40. The Balaban J connectivity index is 1.72. The summed E-state index contributed by atoms with van der Waals surface area (Å²) in [6, 6.07) is 9.99. The van der Waals surface area contributed by atoms with Crippen molar-refractivity contribution in [2.75, 3.05) is 33.2 Å². The van der Waals surface area contributed by atoms with Crippen molar-refractivity contribution in [3.8, 4) is 11.3 Å². The van der Waals surface area contributed by atoms with E-state index in [0.29, 0.717) is 11.3 Å². The van der Waals surface area contributed by atoms with Gasteiger partial charge in [0.25, 0.3) is 0 Å². The zero-order valence-electron chi connectivity index (χ0n) is 12.7. The van der Waals surface area contributed by atoms with Gasteiger partial charge in [0.15, 0.2) is 4.77 Å². The number of likely N-dealkylation sites (N-methyl/N-ethyl adjacent to an activating group) is 1. The number of H-pyrrole nitrogens is 1. The first-order chi connectivity index (χ1) is 10.6. The number of carbonyl (C=O) groups is 1. The van der Waals surface area contributed by atoms with Crippen molar-refractivity contribution in [1.82, 2.24) is 19.4 Å². The van der Waals surface area contributed by atoms with Gasteiger partial charge in [-0.1, -0.05) is 30.3 Å². The maximum Gasteiger partial charge on any atom is 0.242 e.